The summed E-state index contributed by atoms with van der Waals surface area (Å²) in [5, 5.41) is 11.1. The number of rotatable bonds is 7. The molecule has 10 rings (SSSR count). The van der Waals surface area contributed by atoms with Gasteiger partial charge in [-0.15, -0.1) is 0 Å². The zero-order chi connectivity index (χ0) is 41.4. The first kappa shape index (κ1) is 41.8. The Labute approximate surface area is 348 Å². The Hall–Kier alpha value is -1.52. The lowest BCUT2D eigenvalue weighted by atomic mass is 9.32. The van der Waals surface area contributed by atoms with Crippen molar-refractivity contribution in [2.75, 3.05) is 6.61 Å². The molecule has 58 heavy (non-hydrogen) atoms. The Morgan fingerprint density at radius 1 is 0.741 bits per heavy atom. The van der Waals surface area contributed by atoms with Crippen LogP contribution in [0.4, 0.5) is 0 Å². The molecule has 2 bridgehead atoms. The van der Waals surface area contributed by atoms with E-state index in [1.54, 1.807) is 0 Å². The van der Waals surface area contributed by atoms with Gasteiger partial charge in [0.15, 0.2) is 11.9 Å². The number of carbonyl (C=O) groups excluding carboxylic acids is 2. The summed E-state index contributed by atoms with van der Waals surface area (Å²) in [5.41, 5.74) is 1.09. The maximum atomic E-state index is 13.5. The van der Waals surface area contributed by atoms with Crippen LogP contribution in [0.2, 0.25) is 0 Å². The van der Waals surface area contributed by atoms with Gasteiger partial charge in [-0.2, -0.15) is 0 Å². The van der Waals surface area contributed by atoms with Crippen molar-refractivity contribution >= 4 is 11.9 Å². The van der Waals surface area contributed by atoms with E-state index in [1.807, 2.05) is 6.92 Å². The summed E-state index contributed by atoms with van der Waals surface area (Å²) in [6.07, 6.45) is 13.2. The molecular formula is C49H76O9. The van der Waals surface area contributed by atoms with E-state index < -0.39 is 29.9 Å². The molecule has 326 valence electrons. The first-order chi connectivity index (χ1) is 27.2. The van der Waals surface area contributed by atoms with Crippen molar-refractivity contribution < 1.29 is 43.4 Å². The summed E-state index contributed by atoms with van der Waals surface area (Å²) in [6, 6.07) is 0. The lowest BCUT2D eigenvalue weighted by Crippen LogP contribution is -2.70. The van der Waals surface area contributed by atoms with E-state index in [4.69, 9.17) is 28.7 Å². The molecule has 0 aromatic carbocycles. The fraction of sp³-hybridized carbons (Fsp3) is 0.918. The third kappa shape index (κ3) is 5.83. The SMILES string of the molecule is C=C(C)[C@@H]1CC[C@]2(COC(=O)CCC(=O)O[C@@H]3O[C@@H]4O[C@@]5(C)CC[C@H]6[C@H](C)CC[C@@H]([C@H]3C)[C@@]46OO5)CC[C@]3(C)[C@H](CC[C@@H]4[C@@]5(C)CC[C@H](O)C(C)(C)[C@@H]5CC[C@]43C)[C@@H]12. The molecule has 10 fully saturated rings. The number of esters is 2. The van der Waals surface area contributed by atoms with E-state index in [-0.39, 0.29) is 69.7 Å². The van der Waals surface area contributed by atoms with Crippen molar-refractivity contribution in [3.63, 3.8) is 0 Å². The molecule has 6 saturated carbocycles. The van der Waals surface area contributed by atoms with Gasteiger partial charge in [0.1, 0.15) is 0 Å². The van der Waals surface area contributed by atoms with Gasteiger partial charge in [0, 0.05) is 23.7 Å². The Bertz CT molecular complexity index is 1660. The van der Waals surface area contributed by atoms with E-state index in [2.05, 4.69) is 62.0 Å². The molecule has 18 atom stereocenters. The summed E-state index contributed by atoms with van der Waals surface area (Å²) < 4.78 is 25.2. The van der Waals surface area contributed by atoms with Crippen molar-refractivity contribution in [1.29, 1.82) is 0 Å². The molecular weight excluding hydrogens is 733 g/mol. The van der Waals surface area contributed by atoms with Crippen LogP contribution >= 0.6 is 0 Å². The Balaban J connectivity index is 0.853. The lowest BCUT2D eigenvalue weighted by Gasteiger charge is -2.73. The smallest absolute Gasteiger partial charge is 0.308 e. The third-order valence-electron chi connectivity index (χ3n) is 20.6. The molecule has 0 unspecified atom stereocenters. The average molecular weight is 809 g/mol. The van der Waals surface area contributed by atoms with Crippen LogP contribution in [0.1, 0.15) is 165 Å². The molecule has 10 aliphatic rings. The van der Waals surface area contributed by atoms with Gasteiger partial charge in [-0.1, -0.05) is 60.6 Å². The Morgan fingerprint density at radius 3 is 2.24 bits per heavy atom. The molecule has 9 heteroatoms. The van der Waals surface area contributed by atoms with E-state index in [0.717, 1.165) is 64.2 Å². The normalized spacial score (nSPS) is 53.8. The summed E-state index contributed by atoms with van der Waals surface area (Å²) in [5.74, 6) is 1.54. The summed E-state index contributed by atoms with van der Waals surface area (Å²) >= 11 is 0. The standard InChI is InChI=1S/C49H76O9/c1-28(2)31-17-24-48(26-25-45(8)34(40(31)48)13-14-36-44(7)21-20-37(50)43(5,6)35(44)19-22-46(36,45)9)27-53-38(51)15-16-39(52)54-41-30(4)33-12-11-29(3)32-18-23-47(10)56-42(55-41)49(32,33)58-57-47/h29-37,40-42,50H,1,11-27H2,2-10H3/t29-,30-,31+,32+,33+,34-,35+,36-,37+,40-,41-,42-,44+,45-,46-,47-,48-,49-/m1/s1. The van der Waals surface area contributed by atoms with Crippen LogP contribution in [0.5, 0.6) is 0 Å². The number of hydrogen-bond donors (Lipinski definition) is 1. The maximum absolute atomic E-state index is 13.5. The van der Waals surface area contributed by atoms with E-state index in [9.17, 15) is 14.7 Å². The fourth-order valence-electron chi connectivity index (χ4n) is 17.2. The summed E-state index contributed by atoms with van der Waals surface area (Å²) in [4.78, 5) is 39.1. The molecule has 9 nitrogen and oxygen atoms in total. The van der Waals surface area contributed by atoms with E-state index in [1.165, 1.54) is 31.3 Å². The van der Waals surface area contributed by atoms with Gasteiger partial charge in [0.25, 0.3) is 0 Å². The highest BCUT2D eigenvalue weighted by Gasteiger charge is 2.72. The first-order valence-corrected chi connectivity index (χ1v) is 23.6. The van der Waals surface area contributed by atoms with Gasteiger partial charge < -0.3 is 24.1 Å². The molecule has 4 saturated heterocycles. The van der Waals surface area contributed by atoms with Crippen LogP contribution in [0.3, 0.4) is 0 Å². The van der Waals surface area contributed by atoms with Gasteiger partial charge >= 0.3 is 11.9 Å². The third-order valence-corrected chi connectivity index (χ3v) is 20.6. The molecule has 4 heterocycles. The molecule has 0 radical (unpaired) electrons. The number of hydrogen-bond acceptors (Lipinski definition) is 9. The number of ether oxygens (including phenoxy) is 4. The molecule has 4 aliphatic heterocycles. The van der Waals surface area contributed by atoms with Crippen LogP contribution < -0.4 is 0 Å². The van der Waals surface area contributed by atoms with Crippen molar-refractivity contribution in [2.45, 2.75) is 195 Å². The minimum absolute atomic E-state index is 0.0157. The van der Waals surface area contributed by atoms with Crippen LogP contribution in [0.15, 0.2) is 12.2 Å². The average Bonchev–Trinajstić information content (AvgIpc) is 3.41. The minimum atomic E-state index is -0.900. The number of fused-ring (bicyclic) bond motifs is 9. The highest BCUT2D eigenvalue weighted by Crippen LogP contribution is 2.77. The highest BCUT2D eigenvalue weighted by molar-refractivity contribution is 5.77. The largest absolute Gasteiger partial charge is 0.465 e. The van der Waals surface area contributed by atoms with Crippen molar-refractivity contribution in [3.8, 4) is 0 Å². The van der Waals surface area contributed by atoms with E-state index >= 15 is 0 Å². The van der Waals surface area contributed by atoms with Crippen molar-refractivity contribution in [3.05, 3.63) is 12.2 Å². The highest BCUT2D eigenvalue weighted by atomic mass is 17.3. The lowest BCUT2D eigenvalue weighted by molar-refractivity contribution is -0.576. The van der Waals surface area contributed by atoms with Crippen LogP contribution in [-0.4, -0.2) is 53.7 Å². The summed E-state index contributed by atoms with van der Waals surface area (Å²) in [6.45, 7) is 26.0. The van der Waals surface area contributed by atoms with Crippen molar-refractivity contribution in [1.82, 2.24) is 0 Å². The molecule has 1 spiro atoms. The second kappa shape index (κ2) is 14.0. The van der Waals surface area contributed by atoms with Gasteiger partial charge in [-0.3, -0.25) is 9.59 Å². The predicted octanol–water partition coefficient (Wildman–Crippen LogP) is 10.1. The number of aliphatic hydroxyl groups is 1. The summed E-state index contributed by atoms with van der Waals surface area (Å²) in [7, 11) is 0. The molecule has 0 amide bonds. The zero-order valence-corrected chi connectivity index (χ0v) is 37.4. The second-order valence-corrected chi connectivity index (χ2v) is 23.3. The minimum Gasteiger partial charge on any atom is -0.465 e. The Kier molecular flexibility index (Phi) is 10.1. The number of carbonyl (C=O) groups is 2. The van der Waals surface area contributed by atoms with E-state index in [0.29, 0.717) is 42.1 Å². The monoisotopic (exact) mass is 809 g/mol. The molecule has 1 N–H and O–H groups in total. The van der Waals surface area contributed by atoms with Gasteiger partial charge in [0.2, 0.25) is 12.1 Å². The van der Waals surface area contributed by atoms with Crippen LogP contribution in [-0.2, 0) is 38.3 Å². The van der Waals surface area contributed by atoms with Crippen LogP contribution in [0, 0.1) is 80.3 Å². The molecule has 0 aromatic heterocycles. The fourth-order valence-corrected chi connectivity index (χ4v) is 17.2. The first-order valence-electron chi connectivity index (χ1n) is 23.6. The maximum Gasteiger partial charge on any atom is 0.308 e. The van der Waals surface area contributed by atoms with Crippen LogP contribution in [0.25, 0.3) is 0 Å². The number of allylic oxidation sites excluding steroid dienone is 1. The second-order valence-electron chi connectivity index (χ2n) is 23.3. The predicted molar refractivity (Wildman–Crippen MR) is 218 cm³/mol. The van der Waals surface area contributed by atoms with Gasteiger partial charge in [0.05, 0.1) is 25.6 Å². The quantitative estimate of drug-likeness (QED) is 0.153. The number of aliphatic hydroxyl groups excluding tert-OH is 1. The molecule has 6 aliphatic carbocycles. The van der Waals surface area contributed by atoms with Gasteiger partial charge in [-0.25, -0.2) is 9.78 Å². The van der Waals surface area contributed by atoms with Gasteiger partial charge in [-0.05, 0) is 160 Å². The molecule has 0 aromatic rings. The Morgan fingerprint density at radius 2 is 1.48 bits per heavy atom. The topological polar surface area (TPSA) is 110 Å². The zero-order valence-electron chi connectivity index (χ0n) is 37.4. The van der Waals surface area contributed by atoms with Crippen molar-refractivity contribution in [2.24, 2.45) is 80.3 Å².